The van der Waals surface area contributed by atoms with Crippen LogP contribution in [0.25, 0.3) is 0 Å². The quantitative estimate of drug-likeness (QED) is 0.818. The van der Waals surface area contributed by atoms with Crippen molar-refractivity contribution in [2.45, 2.75) is 30.6 Å². The third-order valence-electron chi connectivity index (χ3n) is 4.30. The second-order valence-corrected chi connectivity index (χ2v) is 9.18. The number of aryl methyl sites for hydroxylation is 1. The van der Waals surface area contributed by atoms with Gasteiger partial charge >= 0.3 is 0 Å². The molecule has 0 radical (unpaired) electrons. The number of nitrogens with zero attached hydrogens (tertiary/aromatic N) is 1. The van der Waals surface area contributed by atoms with Crippen LogP contribution in [-0.2, 0) is 27.5 Å². The zero-order valence-corrected chi connectivity index (χ0v) is 15.9. The van der Waals surface area contributed by atoms with E-state index in [1.165, 1.54) is 30.6 Å². The molecule has 0 fully saturated rings. The Kier molecular flexibility index (Phi) is 5.30. The average Bonchev–Trinajstić information content (AvgIpc) is 3.20. The lowest BCUT2D eigenvalue weighted by atomic mass is 10.1. The van der Waals surface area contributed by atoms with Gasteiger partial charge < -0.3 is 10.1 Å². The van der Waals surface area contributed by atoms with Crippen LogP contribution in [0.2, 0.25) is 0 Å². The Balaban J connectivity index is 1.64. The summed E-state index contributed by atoms with van der Waals surface area (Å²) in [5.41, 5.74) is 1.55. The van der Waals surface area contributed by atoms with Gasteiger partial charge in [0.15, 0.2) is 9.84 Å². The van der Waals surface area contributed by atoms with Gasteiger partial charge in [-0.3, -0.25) is 4.79 Å². The van der Waals surface area contributed by atoms with Crippen molar-refractivity contribution in [3.63, 3.8) is 0 Å². The van der Waals surface area contributed by atoms with Gasteiger partial charge in [0.25, 0.3) is 0 Å². The Bertz CT molecular complexity index is 970. The summed E-state index contributed by atoms with van der Waals surface area (Å²) >= 11 is 1.42. The van der Waals surface area contributed by atoms with Gasteiger partial charge in [-0.2, -0.15) is 5.26 Å². The molecule has 3 rings (SSSR count). The molecule has 136 valence electrons. The van der Waals surface area contributed by atoms with Crippen molar-refractivity contribution in [1.29, 1.82) is 5.26 Å². The van der Waals surface area contributed by atoms with Gasteiger partial charge in [0.05, 0.1) is 23.3 Å². The number of nitrogens with one attached hydrogen (secondary N) is 1. The van der Waals surface area contributed by atoms with Crippen LogP contribution >= 0.6 is 11.3 Å². The normalized spacial score (nSPS) is 13.1. The van der Waals surface area contributed by atoms with E-state index in [0.29, 0.717) is 16.3 Å². The zero-order chi connectivity index (χ0) is 18.7. The summed E-state index contributed by atoms with van der Waals surface area (Å²) in [6.45, 7) is 0. The molecule has 0 saturated carbocycles. The third-order valence-corrected chi connectivity index (χ3v) is 7.24. The molecule has 2 aromatic rings. The van der Waals surface area contributed by atoms with E-state index in [0.717, 1.165) is 29.7 Å². The number of hydrogen-bond donors (Lipinski definition) is 1. The first-order chi connectivity index (χ1) is 12.4. The number of thiophene rings is 1. The van der Waals surface area contributed by atoms with Crippen molar-refractivity contribution in [2.24, 2.45) is 0 Å². The predicted octanol–water partition coefficient (Wildman–Crippen LogP) is 2.92. The third kappa shape index (κ3) is 3.74. The minimum absolute atomic E-state index is 0.152. The lowest BCUT2D eigenvalue weighted by molar-refractivity contribution is -0.115. The number of rotatable bonds is 6. The van der Waals surface area contributed by atoms with Crippen LogP contribution in [0.3, 0.4) is 0 Å². The van der Waals surface area contributed by atoms with Crippen molar-refractivity contribution in [2.75, 3.05) is 18.2 Å². The lowest BCUT2D eigenvalue weighted by Crippen LogP contribution is -2.17. The number of nitriles is 1. The molecule has 0 atom stereocenters. The van der Waals surface area contributed by atoms with Crippen molar-refractivity contribution in [3.8, 4) is 11.8 Å². The van der Waals surface area contributed by atoms with E-state index in [1.807, 2.05) is 0 Å². The first-order valence-corrected chi connectivity index (χ1v) is 10.6. The van der Waals surface area contributed by atoms with Crippen LogP contribution in [0.4, 0.5) is 5.00 Å². The first-order valence-electron chi connectivity index (χ1n) is 8.16. The summed E-state index contributed by atoms with van der Waals surface area (Å²) in [7, 11) is -2.06. The number of fused-ring (bicyclic) bond motifs is 1. The summed E-state index contributed by atoms with van der Waals surface area (Å²) in [6.07, 6.45) is 2.65. The Hall–Kier alpha value is -2.37. The molecular weight excluding hydrogens is 372 g/mol. The number of sulfone groups is 1. The van der Waals surface area contributed by atoms with Gasteiger partial charge in [-0.15, -0.1) is 11.3 Å². The topological polar surface area (TPSA) is 96.3 Å². The molecule has 0 aliphatic heterocycles. The lowest BCUT2D eigenvalue weighted by Gasteiger charge is -2.07. The second kappa shape index (κ2) is 7.48. The maximum absolute atomic E-state index is 12.4. The van der Waals surface area contributed by atoms with E-state index >= 15 is 0 Å². The standard InChI is InChI=1S/C18H18N2O4S2/c1-24-12-5-7-13(8-6-12)26(22,23)10-9-17(21)20-18-15(11-19)14-3-2-4-16(14)25-18/h5-8H,2-4,9-10H2,1H3,(H,20,21). The van der Waals surface area contributed by atoms with E-state index in [4.69, 9.17) is 4.74 Å². The molecule has 1 aromatic heterocycles. The van der Waals surface area contributed by atoms with Crippen molar-refractivity contribution in [3.05, 3.63) is 40.3 Å². The molecule has 6 nitrogen and oxygen atoms in total. The highest BCUT2D eigenvalue weighted by molar-refractivity contribution is 7.91. The fourth-order valence-electron chi connectivity index (χ4n) is 2.93. The highest BCUT2D eigenvalue weighted by Gasteiger charge is 2.23. The maximum Gasteiger partial charge on any atom is 0.226 e. The summed E-state index contributed by atoms with van der Waals surface area (Å²) < 4.78 is 29.7. The number of amides is 1. The second-order valence-electron chi connectivity index (χ2n) is 5.97. The number of anilines is 1. The summed E-state index contributed by atoms with van der Waals surface area (Å²) in [6, 6.07) is 8.22. The molecule has 0 unspecified atom stereocenters. The smallest absolute Gasteiger partial charge is 0.226 e. The number of hydrogen-bond acceptors (Lipinski definition) is 6. The number of benzene rings is 1. The molecule has 1 aliphatic rings. The van der Waals surface area contributed by atoms with Crippen molar-refractivity contribution < 1.29 is 17.9 Å². The molecule has 26 heavy (non-hydrogen) atoms. The molecule has 1 aromatic carbocycles. The number of ether oxygens (including phenoxy) is 1. The van der Waals surface area contributed by atoms with Crippen LogP contribution < -0.4 is 10.1 Å². The monoisotopic (exact) mass is 390 g/mol. The Labute approximate surface area is 156 Å². The molecule has 1 N–H and O–H groups in total. The largest absolute Gasteiger partial charge is 0.497 e. The molecule has 1 heterocycles. The number of carbonyl (C=O) groups excluding carboxylic acids is 1. The van der Waals surface area contributed by atoms with Gasteiger partial charge in [-0.1, -0.05) is 0 Å². The van der Waals surface area contributed by atoms with Gasteiger partial charge in [0.2, 0.25) is 5.91 Å². The van der Waals surface area contributed by atoms with Gasteiger partial charge in [0, 0.05) is 11.3 Å². The fourth-order valence-corrected chi connectivity index (χ4v) is 5.42. The van der Waals surface area contributed by atoms with E-state index in [2.05, 4.69) is 11.4 Å². The molecule has 8 heteroatoms. The Morgan fingerprint density at radius 3 is 2.69 bits per heavy atom. The zero-order valence-electron chi connectivity index (χ0n) is 14.2. The van der Waals surface area contributed by atoms with Gasteiger partial charge in [0.1, 0.15) is 16.8 Å². The van der Waals surface area contributed by atoms with Crippen LogP contribution in [0.5, 0.6) is 5.75 Å². The van der Waals surface area contributed by atoms with E-state index in [1.54, 1.807) is 12.1 Å². The predicted molar refractivity (Wildman–Crippen MR) is 99.4 cm³/mol. The van der Waals surface area contributed by atoms with Crippen molar-refractivity contribution >= 4 is 32.1 Å². The minimum Gasteiger partial charge on any atom is -0.497 e. The van der Waals surface area contributed by atoms with Crippen LogP contribution in [-0.4, -0.2) is 27.2 Å². The van der Waals surface area contributed by atoms with Crippen LogP contribution in [0.1, 0.15) is 28.8 Å². The highest BCUT2D eigenvalue weighted by atomic mass is 32.2. The number of methoxy groups -OCH3 is 1. The fraction of sp³-hybridized carbons (Fsp3) is 0.333. The molecule has 1 amide bonds. The number of carbonyl (C=O) groups is 1. The maximum atomic E-state index is 12.4. The Morgan fingerprint density at radius 2 is 2.04 bits per heavy atom. The average molecular weight is 390 g/mol. The molecule has 0 saturated heterocycles. The Morgan fingerprint density at radius 1 is 1.31 bits per heavy atom. The highest BCUT2D eigenvalue weighted by Crippen LogP contribution is 2.38. The van der Waals surface area contributed by atoms with Gasteiger partial charge in [-0.25, -0.2) is 8.42 Å². The molecule has 0 bridgehead atoms. The summed E-state index contributed by atoms with van der Waals surface area (Å²) in [4.78, 5) is 13.5. The van der Waals surface area contributed by atoms with E-state index in [9.17, 15) is 18.5 Å². The summed E-state index contributed by atoms with van der Waals surface area (Å²) in [5, 5.41) is 12.6. The van der Waals surface area contributed by atoms with E-state index < -0.39 is 15.7 Å². The van der Waals surface area contributed by atoms with E-state index in [-0.39, 0.29) is 17.1 Å². The van der Waals surface area contributed by atoms with Crippen LogP contribution in [0.15, 0.2) is 29.2 Å². The summed E-state index contributed by atoms with van der Waals surface area (Å²) in [5.74, 6) is -0.131. The van der Waals surface area contributed by atoms with Crippen LogP contribution in [0, 0.1) is 11.3 Å². The minimum atomic E-state index is -3.56. The van der Waals surface area contributed by atoms with Crippen molar-refractivity contribution in [1.82, 2.24) is 0 Å². The SMILES string of the molecule is COc1ccc(S(=O)(=O)CCC(=O)Nc2sc3c(c2C#N)CCC3)cc1. The molecule has 0 spiro atoms. The molecular formula is C18H18N2O4S2. The molecule has 1 aliphatic carbocycles. The first kappa shape index (κ1) is 18.4. The van der Waals surface area contributed by atoms with Gasteiger partial charge in [-0.05, 0) is 49.1 Å².